The van der Waals surface area contributed by atoms with Crippen LogP contribution in [0.1, 0.15) is 61.8 Å². The van der Waals surface area contributed by atoms with Crippen LogP contribution >= 0.6 is 7.60 Å². The van der Waals surface area contributed by atoms with Crippen LogP contribution in [0.15, 0.2) is 0 Å². The second-order valence-corrected chi connectivity index (χ2v) is 8.52. The molecule has 0 bridgehead atoms. The highest BCUT2D eigenvalue weighted by molar-refractivity contribution is 7.55. The number of hydrogen-bond donors (Lipinski definition) is 0. The van der Waals surface area contributed by atoms with Crippen molar-refractivity contribution in [2.75, 3.05) is 6.61 Å². The predicted octanol–water partition coefficient (Wildman–Crippen LogP) is 4.86. The Morgan fingerprint density at radius 1 is 1.12 bits per heavy atom. The van der Waals surface area contributed by atoms with Crippen molar-refractivity contribution in [3.8, 4) is 0 Å². The molecule has 0 aliphatic rings. The van der Waals surface area contributed by atoms with E-state index in [-0.39, 0.29) is 5.92 Å². The molecule has 0 aromatic heterocycles. The molecule has 0 heterocycles. The molecule has 1 atom stereocenters. The van der Waals surface area contributed by atoms with Gasteiger partial charge in [-0.25, -0.2) is 0 Å². The molecular weight excluding hydrogens is 235 g/mol. The van der Waals surface area contributed by atoms with Crippen molar-refractivity contribution in [2.45, 2.75) is 72.6 Å². The summed E-state index contributed by atoms with van der Waals surface area (Å²) in [7, 11) is -3.12. The molecule has 0 aromatic rings. The van der Waals surface area contributed by atoms with Crippen LogP contribution < -0.4 is 0 Å². The molecule has 0 radical (unpaired) electrons. The summed E-state index contributed by atoms with van der Waals surface area (Å²) < 4.78 is 24.4. The first-order valence-electron chi connectivity index (χ1n) is 6.48. The van der Waals surface area contributed by atoms with Crippen LogP contribution in [0.3, 0.4) is 0 Å². The lowest BCUT2D eigenvalue weighted by Crippen LogP contribution is -2.34. The van der Waals surface area contributed by atoms with Crippen molar-refractivity contribution in [3.05, 3.63) is 0 Å². The Morgan fingerprint density at radius 2 is 1.59 bits per heavy atom. The highest BCUT2D eigenvalue weighted by atomic mass is 31.2. The minimum absolute atomic E-state index is 0.229. The third-order valence-corrected chi connectivity index (χ3v) is 6.90. The molecule has 0 amide bonds. The van der Waals surface area contributed by atoms with Crippen LogP contribution in [0.25, 0.3) is 0 Å². The van der Waals surface area contributed by atoms with Gasteiger partial charge in [0.15, 0.2) is 0 Å². The molecule has 0 fully saturated rings. The van der Waals surface area contributed by atoms with E-state index in [1.165, 1.54) is 0 Å². The average Bonchev–Trinajstić information content (AvgIpc) is 2.16. The van der Waals surface area contributed by atoms with Crippen LogP contribution in [-0.4, -0.2) is 17.4 Å². The normalized spacial score (nSPS) is 17.2. The highest BCUT2D eigenvalue weighted by Crippen LogP contribution is 2.64. The van der Waals surface area contributed by atoms with Crippen LogP contribution in [0, 0.1) is 5.92 Å². The Balaban J connectivity index is 5.25. The van der Waals surface area contributed by atoms with Crippen molar-refractivity contribution in [3.63, 3.8) is 0 Å². The molecule has 3 nitrogen and oxygen atoms in total. The van der Waals surface area contributed by atoms with Crippen LogP contribution in [0.2, 0.25) is 0 Å². The zero-order chi connectivity index (χ0) is 13.9. The van der Waals surface area contributed by atoms with Gasteiger partial charge in [0.1, 0.15) is 0 Å². The Hall–Kier alpha value is 0.150. The molecule has 0 aliphatic heterocycles. The summed E-state index contributed by atoms with van der Waals surface area (Å²) in [5, 5.41) is -0.477. The van der Waals surface area contributed by atoms with Gasteiger partial charge < -0.3 is 9.05 Å². The van der Waals surface area contributed by atoms with E-state index < -0.39 is 18.4 Å². The van der Waals surface area contributed by atoms with Crippen LogP contribution in [-0.2, 0) is 13.6 Å². The van der Waals surface area contributed by atoms with Crippen molar-refractivity contribution >= 4 is 7.60 Å². The van der Waals surface area contributed by atoms with Gasteiger partial charge in [0, 0.05) is 0 Å². The molecular formula is C13H29O3P. The molecule has 0 rings (SSSR count). The fourth-order valence-corrected chi connectivity index (χ4v) is 3.56. The summed E-state index contributed by atoms with van der Waals surface area (Å²) in [6.45, 7) is 16.2. The topological polar surface area (TPSA) is 35.5 Å². The van der Waals surface area contributed by atoms with E-state index in [0.29, 0.717) is 6.61 Å². The van der Waals surface area contributed by atoms with E-state index in [9.17, 15) is 4.57 Å². The molecule has 0 N–H and O–H groups in total. The van der Waals surface area contributed by atoms with Gasteiger partial charge in [0.25, 0.3) is 0 Å². The average molecular weight is 264 g/mol. The third kappa shape index (κ3) is 4.08. The van der Waals surface area contributed by atoms with Gasteiger partial charge in [-0.05, 0) is 47.0 Å². The maximum Gasteiger partial charge on any atom is 0.336 e. The zero-order valence-corrected chi connectivity index (χ0v) is 13.6. The smallest absolute Gasteiger partial charge is 0.308 e. The van der Waals surface area contributed by atoms with Gasteiger partial charge in [-0.1, -0.05) is 20.8 Å². The Bertz CT molecular complexity index is 282. The van der Waals surface area contributed by atoms with Gasteiger partial charge in [-0.3, -0.25) is 4.57 Å². The maximum absolute atomic E-state index is 13.0. The molecule has 0 saturated carbocycles. The fraction of sp³-hybridized carbons (Fsp3) is 1.00. The van der Waals surface area contributed by atoms with Gasteiger partial charge in [0.05, 0.1) is 17.4 Å². The van der Waals surface area contributed by atoms with E-state index in [1.807, 2.05) is 55.4 Å². The minimum atomic E-state index is -3.12. The van der Waals surface area contributed by atoms with Crippen molar-refractivity contribution in [2.24, 2.45) is 5.92 Å². The Kier molecular flexibility index (Phi) is 5.91. The molecule has 17 heavy (non-hydrogen) atoms. The Labute approximate surface area is 107 Å². The summed E-state index contributed by atoms with van der Waals surface area (Å²) in [5.74, 6) is 0.229. The standard InChI is InChI=1S/C13H29O3P/c1-9-12(5,6)16-17(14,15-10-2)13(7,8)11(3)4/h11H,9-10H2,1-8H3. The maximum atomic E-state index is 13.0. The Morgan fingerprint density at radius 3 is 1.88 bits per heavy atom. The summed E-state index contributed by atoms with van der Waals surface area (Å²) >= 11 is 0. The largest absolute Gasteiger partial charge is 0.336 e. The SMILES string of the molecule is CCOP(=O)(OC(C)(C)CC)C(C)(C)C(C)C. The van der Waals surface area contributed by atoms with E-state index in [4.69, 9.17) is 9.05 Å². The quantitative estimate of drug-likeness (QED) is 0.616. The second-order valence-electron chi connectivity index (χ2n) is 5.93. The molecule has 0 aliphatic carbocycles. The van der Waals surface area contributed by atoms with Crippen molar-refractivity contribution in [1.82, 2.24) is 0 Å². The third-order valence-electron chi connectivity index (χ3n) is 3.64. The second kappa shape index (κ2) is 5.86. The monoisotopic (exact) mass is 264 g/mol. The zero-order valence-electron chi connectivity index (χ0n) is 12.7. The molecule has 0 aromatic carbocycles. The highest BCUT2D eigenvalue weighted by Gasteiger charge is 2.48. The van der Waals surface area contributed by atoms with E-state index in [1.54, 1.807) is 0 Å². The number of hydrogen-bond acceptors (Lipinski definition) is 3. The lowest BCUT2D eigenvalue weighted by molar-refractivity contribution is 0.0646. The summed E-state index contributed by atoms with van der Waals surface area (Å²) in [4.78, 5) is 0. The first-order valence-corrected chi connectivity index (χ1v) is 8.02. The van der Waals surface area contributed by atoms with E-state index in [0.717, 1.165) is 6.42 Å². The summed E-state index contributed by atoms with van der Waals surface area (Å²) in [5.41, 5.74) is -0.420. The van der Waals surface area contributed by atoms with Gasteiger partial charge in [-0.2, -0.15) is 0 Å². The lowest BCUT2D eigenvalue weighted by atomic mass is 10.00. The fourth-order valence-electron chi connectivity index (χ4n) is 1.19. The van der Waals surface area contributed by atoms with Gasteiger partial charge in [-0.15, -0.1) is 0 Å². The first kappa shape index (κ1) is 17.2. The molecule has 0 saturated heterocycles. The summed E-state index contributed by atoms with van der Waals surface area (Å²) in [6, 6.07) is 0. The molecule has 4 heteroatoms. The van der Waals surface area contributed by atoms with Crippen molar-refractivity contribution in [1.29, 1.82) is 0 Å². The van der Waals surface area contributed by atoms with Crippen LogP contribution in [0.4, 0.5) is 0 Å². The van der Waals surface area contributed by atoms with Gasteiger partial charge >= 0.3 is 7.60 Å². The summed E-state index contributed by atoms with van der Waals surface area (Å²) in [6.07, 6.45) is 0.804. The van der Waals surface area contributed by atoms with Crippen molar-refractivity contribution < 1.29 is 13.6 Å². The lowest BCUT2D eigenvalue weighted by Gasteiger charge is -2.40. The molecule has 1 unspecified atom stereocenters. The first-order chi connectivity index (χ1) is 7.52. The predicted molar refractivity (Wildman–Crippen MR) is 73.6 cm³/mol. The van der Waals surface area contributed by atoms with E-state index in [2.05, 4.69) is 0 Å². The molecule has 104 valence electrons. The minimum Gasteiger partial charge on any atom is -0.308 e. The van der Waals surface area contributed by atoms with Crippen LogP contribution in [0.5, 0.6) is 0 Å². The van der Waals surface area contributed by atoms with E-state index >= 15 is 0 Å². The number of rotatable bonds is 7. The van der Waals surface area contributed by atoms with Gasteiger partial charge in [0.2, 0.25) is 0 Å². The molecule has 0 spiro atoms.